The van der Waals surface area contributed by atoms with Crippen LogP contribution in [0.25, 0.3) is 0 Å². The van der Waals surface area contributed by atoms with Gasteiger partial charge in [-0.2, -0.15) is 0 Å². The predicted molar refractivity (Wildman–Crippen MR) is 82.7 cm³/mol. The van der Waals surface area contributed by atoms with Gasteiger partial charge in [0.15, 0.2) is 0 Å². The zero-order chi connectivity index (χ0) is 14.5. The molecule has 0 spiro atoms. The van der Waals surface area contributed by atoms with Crippen molar-refractivity contribution in [2.24, 2.45) is 0 Å². The van der Waals surface area contributed by atoms with E-state index in [4.69, 9.17) is 4.42 Å². The molecule has 0 bridgehead atoms. The number of aromatic nitrogens is 2. The van der Waals surface area contributed by atoms with Crippen LogP contribution < -0.4 is 0 Å². The van der Waals surface area contributed by atoms with Gasteiger partial charge in [0.25, 0.3) is 0 Å². The van der Waals surface area contributed by atoms with Crippen LogP contribution in [0.2, 0.25) is 0 Å². The van der Waals surface area contributed by atoms with E-state index in [0.29, 0.717) is 0 Å². The highest BCUT2D eigenvalue weighted by molar-refractivity contribution is 7.09. The molecule has 0 aromatic carbocycles. The Bertz CT molecular complexity index is 664. The Morgan fingerprint density at radius 1 is 1.19 bits per heavy atom. The molecule has 0 unspecified atom stereocenters. The van der Waals surface area contributed by atoms with Gasteiger partial charge >= 0.3 is 0 Å². The van der Waals surface area contributed by atoms with Gasteiger partial charge in [-0.05, 0) is 30.7 Å². The molecule has 108 valence electrons. The Labute approximate surface area is 128 Å². The minimum atomic E-state index is 0.762. The number of pyridine rings is 1. The van der Waals surface area contributed by atoms with Crippen LogP contribution in [0.3, 0.4) is 0 Å². The Morgan fingerprint density at radius 2 is 2.14 bits per heavy atom. The van der Waals surface area contributed by atoms with Crippen molar-refractivity contribution >= 4 is 11.3 Å². The quantitative estimate of drug-likeness (QED) is 0.697. The van der Waals surface area contributed by atoms with E-state index in [2.05, 4.69) is 26.3 Å². The number of thiazole rings is 1. The average Bonchev–Trinajstić information content (AvgIpc) is 3.12. The topological polar surface area (TPSA) is 42.2 Å². The fraction of sp³-hybridized carbons (Fsp3) is 0.250. The van der Waals surface area contributed by atoms with Crippen LogP contribution >= 0.6 is 11.3 Å². The van der Waals surface area contributed by atoms with Gasteiger partial charge in [-0.1, -0.05) is 6.07 Å². The molecule has 3 heterocycles. The molecule has 5 heteroatoms. The summed E-state index contributed by atoms with van der Waals surface area (Å²) in [6.45, 7) is 4.43. The first-order chi connectivity index (χ1) is 10.3. The smallest absolute Gasteiger partial charge is 0.117 e. The van der Waals surface area contributed by atoms with Gasteiger partial charge < -0.3 is 4.42 Å². The third-order valence-electron chi connectivity index (χ3n) is 3.14. The molecule has 0 aliphatic rings. The maximum absolute atomic E-state index is 5.47. The molecule has 0 N–H and O–H groups in total. The molecule has 21 heavy (non-hydrogen) atoms. The van der Waals surface area contributed by atoms with Crippen LogP contribution in [0, 0.1) is 6.92 Å². The number of nitrogens with zero attached hydrogens (tertiary/aromatic N) is 3. The van der Waals surface area contributed by atoms with Gasteiger partial charge in [-0.3, -0.25) is 9.88 Å². The number of aryl methyl sites for hydroxylation is 1. The molecule has 0 radical (unpaired) electrons. The molecule has 0 saturated heterocycles. The minimum absolute atomic E-state index is 0.762. The number of rotatable bonds is 6. The molecule has 0 fully saturated rings. The third-order valence-corrected chi connectivity index (χ3v) is 3.96. The van der Waals surface area contributed by atoms with E-state index in [0.717, 1.165) is 36.1 Å². The third kappa shape index (κ3) is 4.00. The zero-order valence-corrected chi connectivity index (χ0v) is 12.7. The SMILES string of the molecule is Cc1nc(CN(Cc2cccnc2)Cc2ccco2)cs1. The van der Waals surface area contributed by atoms with E-state index in [-0.39, 0.29) is 0 Å². The second kappa shape index (κ2) is 6.65. The van der Waals surface area contributed by atoms with Crippen molar-refractivity contribution in [3.05, 3.63) is 70.3 Å². The lowest BCUT2D eigenvalue weighted by atomic mass is 10.2. The standard InChI is InChI=1S/C16H17N3OS/c1-13-18-15(12-21-13)10-19(11-16-5-3-7-20-16)9-14-4-2-6-17-8-14/h2-8,12H,9-11H2,1H3. The predicted octanol–water partition coefficient (Wildman–Crippen LogP) is 3.64. The molecule has 3 aromatic rings. The van der Waals surface area contributed by atoms with E-state index < -0.39 is 0 Å². The molecule has 3 aromatic heterocycles. The molecule has 0 aliphatic heterocycles. The van der Waals surface area contributed by atoms with E-state index in [1.54, 1.807) is 23.8 Å². The Balaban J connectivity index is 1.73. The summed E-state index contributed by atoms with van der Waals surface area (Å²) in [4.78, 5) is 11.0. The van der Waals surface area contributed by atoms with Gasteiger partial charge in [0.05, 0.1) is 23.5 Å². The first kappa shape index (κ1) is 14.0. The highest BCUT2D eigenvalue weighted by atomic mass is 32.1. The highest BCUT2D eigenvalue weighted by Crippen LogP contribution is 2.15. The van der Waals surface area contributed by atoms with Crippen molar-refractivity contribution in [3.8, 4) is 0 Å². The number of hydrogen-bond donors (Lipinski definition) is 0. The van der Waals surface area contributed by atoms with Crippen molar-refractivity contribution in [2.75, 3.05) is 0 Å². The molecule has 3 rings (SSSR count). The second-order valence-corrected chi connectivity index (χ2v) is 6.01. The van der Waals surface area contributed by atoms with E-state index >= 15 is 0 Å². The van der Waals surface area contributed by atoms with Crippen LogP contribution in [-0.2, 0) is 19.6 Å². The van der Waals surface area contributed by atoms with Crippen molar-refractivity contribution in [2.45, 2.75) is 26.6 Å². The molecule has 0 saturated carbocycles. The molecule has 4 nitrogen and oxygen atoms in total. The van der Waals surface area contributed by atoms with Gasteiger partial charge in [-0.25, -0.2) is 4.98 Å². The minimum Gasteiger partial charge on any atom is -0.468 e. The first-order valence-corrected chi connectivity index (χ1v) is 7.72. The molecule has 0 atom stereocenters. The monoisotopic (exact) mass is 299 g/mol. The Hall–Kier alpha value is -1.98. The normalized spacial score (nSPS) is 11.1. The fourth-order valence-corrected chi connectivity index (χ4v) is 2.85. The lowest BCUT2D eigenvalue weighted by molar-refractivity contribution is 0.224. The molecule has 0 amide bonds. The van der Waals surface area contributed by atoms with Crippen LogP contribution in [0.4, 0.5) is 0 Å². The summed E-state index contributed by atoms with van der Waals surface area (Å²) >= 11 is 1.69. The summed E-state index contributed by atoms with van der Waals surface area (Å²) in [5.74, 6) is 0.964. The van der Waals surface area contributed by atoms with E-state index in [9.17, 15) is 0 Å². The van der Waals surface area contributed by atoms with E-state index in [1.165, 1.54) is 5.56 Å². The summed E-state index contributed by atoms with van der Waals surface area (Å²) in [6, 6.07) is 7.98. The maximum Gasteiger partial charge on any atom is 0.117 e. The second-order valence-electron chi connectivity index (χ2n) is 4.94. The van der Waals surface area contributed by atoms with Crippen LogP contribution in [0.1, 0.15) is 22.0 Å². The van der Waals surface area contributed by atoms with Gasteiger partial charge in [0, 0.05) is 30.9 Å². The summed E-state index contributed by atoms with van der Waals surface area (Å²) in [5, 5.41) is 3.22. The van der Waals surface area contributed by atoms with Gasteiger partial charge in [-0.15, -0.1) is 11.3 Å². The Kier molecular flexibility index (Phi) is 4.43. The summed E-state index contributed by atoms with van der Waals surface area (Å²) in [6.07, 6.45) is 5.41. The maximum atomic E-state index is 5.47. The summed E-state index contributed by atoms with van der Waals surface area (Å²) in [7, 11) is 0. The van der Waals surface area contributed by atoms with Crippen LogP contribution in [-0.4, -0.2) is 14.9 Å². The van der Waals surface area contributed by atoms with Crippen molar-refractivity contribution in [3.63, 3.8) is 0 Å². The largest absolute Gasteiger partial charge is 0.468 e. The summed E-state index contributed by atoms with van der Waals surface area (Å²) < 4.78 is 5.47. The lowest BCUT2D eigenvalue weighted by Gasteiger charge is -2.20. The fourth-order valence-electron chi connectivity index (χ4n) is 2.25. The van der Waals surface area contributed by atoms with Gasteiger partial charge in [0.1, 0.15) is 5.76 Å². The van der Waals surface area contributed by atoms with Crippen LogP contribution in [0.15, 0.2) is 52.7 Å². The average molecular weight is 299 g/mol. The molecular formula is C16H17N3OS. The molecular weight excluding hydrogens is 282 g/mol. The van der Waals surface area contributed by atoms with Crippen molar-refractivity contribution in [1.82, 2.24) is 14.9 Å². The van der Waals surface area contributed by atoms with Gasteiger partial charge in [0.2, 0.25) is 0 Å². The van der Waals surface area contributed by atoms with Crippen molar-refractivity contribution in [1.29, 1.82) is 0 Å². The number of furan rings is 1. The summed E-state index contributed by atoms with van der Waals surface area (Å²) in [5.41, 5.74) is 2.30. The van der Waals surface area contributed by atoms with Crippen molar-refractivity contribution < 1.29 is 4.42 Å². The van der Waals surface area contributed by atoms with E-state index in [1.807, 2.05) is 31.3 Å². The molecule has 0 aliphatic carbocycles. The number of hydrogen-bond acceptors (Lipinski definition) is 5. The zero-order valence-electron chi connectivity index (χ0n) is 11.9. The first-order valence-electron chi connectivity index (χ1n) is 6.84. The Morgan fingerprint density at radius 3 is 2.81 bits per heavy atom. The van der Waals surface area contributed by atoms with Crippen LogP contribution in [0.5, 0.6) is 0 Å². The lowest BCUT2D eigenvalue weighted by Crippen LogP contribution is -2.22. The highest BCUT2D eigenvalue weighted by Gasteiger charge is 2.11.